The van der Waals surface area contributed by atoms with Gasteiger partial charge in [-0.2, -0.15) is 0 Å². The Morgan fingerprint density at radius 3 is 2.47 bits per heavy atom. The van der Waals surface area contributed by atoms with Gasteiger partial charge in [0.2, 0.25) is 0 Å². The standard InChI is InChI=1S/C28H24BrN3O2/c1-17-25(28(34)32-22-8-5-13-30-16-22)26(19-9-11-21(29)12-10-19)27-23(31-17)14-20(15-24(27)33)18-6-3-2-4-7-18/h2-13,16,20,26,31H,14-15H2,1H3,(H,32,34). The number of pyridine rings is 1. The number of Topliss-reactive ketones (excluding diaryl/α,β-unsaturated/α-hetero) is 1. The summed E-state index contributed by atoms with van der Waals surface area (Å²) in [5.74, 6) is -0.487. The highest BCUT2D eigenvalue weighted by Crippen LogP contribution is 2.45. The van der Waals surface area contributed by atoms with E-state index in [1.54, 1.807) is 24.5 Å². The van der Waals surface area contributed by atoms with Crippen molar-refractivity contribution in [2.24, 2.45) is 0 Å². The Hall–Kier alpha value is -3.51. The van der Waals surface area contributed by atoms with Gasteiger partial charge in [-0.3, -0.25) is 14.6 Å². The van der Waals surface area contributed by atoms with Gasteiger partial charge in [-0.15, -0.1) is 0 Å². The van der Waals surface area contributed by atoms with Crippen molar-refractivity contribution < 1.29 is 9.59 Å². The fourth-order valence-electron chi connectivity index (χ4n) is 4.92. The van der Waals surface area contributed by atoms with Crippen LogP contribution in [0.25, 0.3) is 0 Å². The zero-order valence-electron chi connectivity index (χ0n) is 18.7. The van der Waals surface area contributed by atoms with E-state index in [0.717, 1.165) is 33.4 Å². The van der Waals surface area contributed by atoms with Gasteiger partial charge in [0.15, 0.2) is 5.78 Å². The van der Waals surface area contributed by atoms with Gasteiger partial charge in [0.25, 0.3) is 5.91 Å². The molecule has 2 atom stereocenters. The predicted octanol–water partition coefficient (Wildman–Crippen LogP) is 5.84. The normalized spacial score (nSPS) is 20.0. The minimum absolute atomic E-state index is 0.0784. The molecule has 5 rings (SSSR count). The van der Waals surface area contributed by atoms with E-state index in [2.05, 4.69) is 43.7 Å². The third kappa shape index (κ3) is 4.33. The lowest BCUT2D eigenvalue weighted by Gasteiger charge is -2.37. The summed E-state index contributed by atoms with van der Waals surface area (Å²) in [7, 11) is 0. The van der Waals surface area contributed by atoms with Crippen molar-refractivity contribution in [2.45, 2.75) is 31.6 Å². The van der Waals surface area contributed by atoms with E-state index < -0.39 is 5.92 Å². The molecular weight excluding hydrogens is 490 g/mol. The fourth-order valence-corrected chi connectivity index (χ4v) is 5.19. The van der Waals surface area contributed by atoms with Gasteiger partial charge in [-0.25, -0.2) is 0 Å². The van der Waals surface area contributed by atoms with Crippen molar-refractivity contribution in [3.8, 4) is 0 Å². The fraction of sp³-hybridized carbons (Fsp3) is 0.179. The summed E-state index contributed by atoms with van der Waals surface area (Å²) in [5.41, 5.74) is 5.60. The van der Waals surface area contributed by atoms with Gasteiger partial charge in [0.05, 0.1) is 11.9 Å². The second-order valence-electron chi connectivity index (χ2n) is 8.68. The number of dihydropyridines is 1. The van der Waals surface area contributed by atoms with Crippen molar-refractivity contribution in [2.75, 3.05) is 5.32 Å². The molecule has 0 fully saturated rings. The molecule has 5 nitrogen and oxygen atoms in total. The Bertz CT molecular complexity index is 1300. The van der Waals surface area contributed by atoms with Gasteiger partial charge in [0.1, 0.15) is 0 Å². The van der Waals surface area contributed by atoms with Crippen LogP contribution < -0.4 is 10.6 Å². The van der Waals surface area contributed by atoms with E-state index in [4.69, 9.17) is 0 Å². The van der Waals surface area contributed by atoms with Crippen molar-refractivity contribution in [1.29, 1.82) is 0 Å². The van der Waals surface area contributed by atoms with Gasteiger partial charge in [0, 0.05) is 45.5 Å². The lowest BCUT2D eigenvalue weighted by atomic mass is 9.71. The summed E-state index contributed by atoms with van der Waals surface area (Å²) in [5, 5.41) is 6.38. The maximum absolute atomic E-state index is 13.6. The van der Waals surface area contributed by atoms with E-state index in [1.165, 1.54) is 0 Å². The summed E-state index contributed by atoms with van der Waals surface area (Å²) in [6.45, 7) is 1.91. The Morgan fingerprint density at radius 2 is 1.76 bits per heavy atom. The van der Waals surface area contributed by atoms with Crippen LogP contribution in [0.3, 0.4) is 0 Å². The molecule has 2 aliphatic rings. The molecule has 0 saturated heterocycles. The Balaban J connectivity index is 1.56. The number of anilines is 1. The molecule has 0 spiro atoms. The number of nitrogens with one attached hydrogen (secondary N) is 2. The molecule has 1 aromatic heterocycles. The van der Waals surface area contributed by atoms with E-state index in [9.17, 15) is 9.59 Å². The molecule has 2 aromatic carbocycles. The van der Waals surface area contributed by atoms with Gasteiger partial charge < -0.3 is 10.6 Å². The first-order chi connectivity index (χ1) is 16.5. The van der Waals surface area contributed by atoms with Crippen LogP contribution in [0, 0.1) is 0 Å². The second kappa shape index (κ2) is 9.39. The van der Waals surface area contributed by atoms with Gasteiger partial charge in [-0.05, 0) is 54.7 Å². The number of benzene rings is 2. The first-order valence-corrected chi connectivity index (χ1v) is 12.1. The van der Waals surface area contributed by atoms with Crippen LogP contribution in [0.4, 0.5) is 5.69 Å². The third-order valence-corrected chi connectivity index (χ3v) is 6.99. The molecule has 6 heteroatoms. The number of amides is 1. The smallest absolute Gasteiger partial charge is 0.254 e. The van der Waals surface area contributed by atoms with E-state index in [1.807, 2.05) is 49.4 Å². The summed E-state index contributed by atoms with van der Waals surface area (Å²) in [4.78, 5) is 31.2. The molecule has 0 radical (unpaired) electrons. The van der Waals surface area contributed by atoms with Crippen LogP contribution in [0.5, 0.6) is 0 Å². The van der Waals surface area contributed by atoms with E-state index in [0.29, 0.717) is 23.3 Å². The molecule has 1 aliphatic carbocycles. The summed E-state index contributed by atoms with van der Waals surface area (Å²) >= 11 is 3.49. The zero-order valence-corrected chi connectivity index (χ0v) is 20.3. The highest BCUT2D eigenvalue weighted by atomic mass is 79.9. The summed E-state index contributed by atoms with van der Waals surface area (Å²) in [6.07, 6.45) is 4.43. The van der Waals surface area contributed by atoms with E-state index >= 15 is 0 Å². The third-order valence-electron chi connectivity index (χ3n) is 6.47. The SMILES string of the molecule is CC1=C(C(=O)Nc2cccnc2)C(c2ccc(Br)cc2)C2=C(CC(c3ccccc3)CC2=O)N1. The minimum atomic E-state index is -0.440. The van der Waals surface area contributed by atoms with Crippen LogP contribution >= 0.6 is 15.9 Å². The maximum atomic E-state index is 13.6. The number of aromatic nitrogens is 1. The Labute approximate surface area is 207 Å². The van der Waals surface area contributed by atoms with Crippen molar-refractivity contribution in [3.05, 3.63) is 117 Å². The van der Waals surface area contributed by atoms with Crippen molar-refractivity contribution in [3.63, 3.8) is 0 Å². The molecule has 2 N–H and O–H groups in total. The molecule has 2 heterocycles. The summed E-state index contributed by atoms with van der Waals surface area (Å²) < 4.78 is 0.945. The van der Waals surface area contributed by atoms with Gasteiger partial charge >= 0.3 is 0 Å². The van der Waals surface area contributed by atoms with Crippen molar-refractivity contribution >= 4 is 33.3 Å². The minimum Gasteiger partial charge on any atom is -0.362 e. The first kappa shape index (κ1) is 22.3. The lowest BCUT2D eigenvalue weighted by molar-refractivity contribution is -0.116. The molecule has 3 aromatic rings. The molecule has 34 heavy (non-hydrogen) atoms. The maximum Gasteiger partial charge on any atom is 0.254 e. The number of carbonyl (C=O) groups is 2. The number of nitrogens with zero attached hydrogens (tertiary/aromatic N) is 1. The number of hydrogen-bond acceptors (Lipinski definition) is 4. The number of carbonyl (C=O) groups excluding carboxylic acids is 2. The van der Waals surface area contributed by atoms with Crippen LogP contribution in [-0.4, -0.2) is 16.7 Å². The van der Waals surface area contributed by atoms with Gasteiger partial charge in [-0.1, -0.05) is 58.4 Å². The van der Waals surface area contributed by atoms with Crippen LogP contribution in [0.15, 0.2) is 106 Å². The largest absolute Gasteiger partial charge is 0.362 e. The monoisotopic (exact) mass is 513 g/mol. The quantitative estimate of drug-likeness (QED) is 0.459. The average molecular weight is 514 g/mol. The molecule has 0 saturated carbocycles. The first-order valence-electron chi connectivity index (χ1n) is 11.3. The Morgan fingerprint density at radius 1 is 1.00 bits per heavy atom. The van der Waals surface area contributed by atoms with Crippen LogP contribution in [0.2, 0.25) is 0 Å². The zero-order chi connectivity index (χ0) is 23.7. The Kier molecular flexibility index (Phi) is 6.16. The molecule has 1 aliphatic heterocycles. The van der Waals surface area contributed by atoms with Crippen LogP contribution in [0.1, 0.15) is 42.7 Å². The lowest BCUT2D eigenvalue weighted by Crippen LogP contribution is -2.37. The van der Waals surface area contributed by atoms with Crippen LogP contribution in [-0.2, 0) is 9.59 Å². The highest BCUT2D eigenvalue weighted by Gasteiger charge is 2.40. The average Bonchev–Trinajstić information content (AvgIpc) is 2.84. The number of rotatable bonds is 4. The topological polar surface area (TPSA) is 71.1 Å². The molecule has 170 valence electrons. The molecule has 0 bridgehead atoms. The summed E-state index contributed by atoms with van der Waals surface area (Å²) in [6, 6.07) is 21.6. The number of allylic oxidation sites excluding steroid dienone is 3. The predicted molar refractivity (Wildman–Crippen MR) is 136 cm³/mol. The number of hydrogen-bond donors (Lipinski definition) is 2. The van der Waals surface area contributed by atoms with E-state index in [-0.39, 0.29) is 17.6 Å². The van der Waals surface area contributed by atoms with Crippen molar-refractivity contribution in [1.82, 2.24) is 10.3 Å². The molecule has 2 unspecified atom stereocenters. The highest BCUT2D eigenvalue weighted by molar-refractivity contribution is 9.10. The second-order valence-corrected chi connectivity index (χ2v) is 9.59. The number of halogens is 1. The number of ketones is 1. The molecule has 1 amide bonds. The molecular formula is C28H24BrN3O2.